The molecular formula is C22H20F2N2O4S. The van der Waals surface area contributed by atoms with Gasteiger partial charge in [0.1, 0.15) is 5.82 Å². The lowest BCUT2D eigenvalue weighted by Gasteiger charge is -2.10. The second-order valence-electron chi connectivity index (χ2n) is 6.50. The Labute approximate surface area is 178 Å². The Balaban J connectivity index is 1.50. The second kappa shape index (κ2) is 10.0. The predicted octanol–water partition coefficient (Wildman–Crippen LogP) is 3.96. The molecule has 9 heteroatoms. The van der Waals surface area contributed by atoms with Crippen LogP contribution in [0.2, 0.25) is 0 Å². The fourth-order valence-corrected chi connectivity index (χ4v) is 3.72. The summed E-state index contributed by atoms with van der Waals surface area (Å²) in [5.41, 5.74) is 0.0989. The van der Waals surface area contributed by atoms with Gasteiger partial charge in [-0.25, -0.2) is 17.2 Å². The summed E-state index contributed by atoms with van der Waals surface area (Å²) in [6.07, 6.45) is 0.457. The van der Waals surface area contributed by atoms with Crippen LogP contribution in [-0.4, -0.2) is 27.5 Å². The monoisotopic (exact) mass is 446 g/mol. The molecule has 0 aliphatic carbocycles. The number of hydrogen-bond acceptors (Lipinski definition) is 4. The summed E-state index contributed by atoms with van der Waals surface area (Å²) < 4.78 is 59.4. The molecule has 0 aliphatic rings. The van der Waals surface area contributed by atoms with Gasteiger partial charge >= 0.3 is 0 Å². The molecule has 31 heavy (non-hydrogen) atoms. The van der Waals surface area contributed by atoms with E-state index in [4.69, 9.17) is 4.74 Å². The Morgan fingerprint density at radius 3 is 2.19 bits per heavy atom. The van der Waals surface area contributed by atoms with E-state index in [1.807, 2.05) is 0 Å². The molecule has 162 valence electrons. The number of para-hydroxylation sites is 2. The minimum Gasteiger partial charge on any atom is -0.490 e. The fourth-order valence-electron chi connectivity index (χ4n) is 2.65. The minimum atomic E-state index is -4.00. The molecule has 1 amide bonds. The molecular weight excluding hydrogens is 426 g/mol. The topological polar surface area (TPSA) is 84.5 Å². The quantitative estimate of drug-likeness (QED) is 0.487. The lowest BCUT2D eigenvalue weighted by atomic mass is 10.2. The summed E-state index contributed by atoms with van der Waals surface area (Å²) in [7, 11) is -4.00. The van der Waals surface area contributed by atoms with Crippen molar-refractivity contribution in [3.8, 4) is 5.75 Å². The van der Waals surface area contributed by atoms with Gasteiger partial charge in [-0.2, -0.15) is 0 Å². The highest BCUT2D eigenvalue weighted by atomic mass is 32.2. The summed E-state index contributed by atoms with van der Waals surface area (Å²) in [6.45, 7) is 0.516. The molecule has 6 nitrogen and oxygen atoms in total. The molecule has 0 aliphatic heterocycles. The highest BCUT2D eigenvalue weighted by Crippen LogP contribution is 2.19. The number of benzene rings is 3. The zero-order valence-electron chi connectivity index (χ0n) is 16.3. The number of halogens is 2. The molecule has 0 saturated heterocycles. The van der Waals surface area contributed by atoms with Gasteiger partial charge in [0.2, 0.25) is 0 Å². The molecule has 3 aromatic rings. The van der Waals surface area contributed by atoms with Gasteiger partial charge in [-0.15, -0.1) is 0 Å². The summed E-state index contributed by atoms with van der Waals surface area (Å²) in [6, 6.07) is 16.7. The van der Waals surface area contributed by atoms with Gasteiger partial charge in [-0.1, -0.05) is 24.3 Å². The summed E-state index contributed by atoms with van der Waals surface area (Å²) >= 11 is 0. The van der Waals surface area contributed by atoms with Crippen LogP contribution in [-0.2, 0) is 10.0 Å². The third-order valence-electron chi connectivity index (χ3n) is 4.25. The minimum absolute atomic E-state index is 0.106. The van der Waals surface area contributed by atoms with Gasteiger partial charge in [-0.3, -0.25) is 9.52 Å². The van der Waals surface area contributed by atoms with Gasteiger partial charge in [0.05, 0.1) is 17.2 Å². The molecule has 0 bridgehead atoms. The van der Waals surface area contributed by atoms with Crippen molar-refractivity contribution in [1.82, 2.24) is 5.32 Å². The average molecular weight is 446 g/mol. The number of nitrogens with one attached hydrogen (secondary N) is 2. The second-order valence-corrected chi connectivity index (χ2v) is 8.18. The summed E-state index contributed by atoms with van der Waals surface area (Å²) in [4.78, 5) is 12.1. The van der Waals surface area contributed by atoms with Crippen molar-refractivity contribution in [2.45, 2.75) is 11.3 Å². The van der Waals surface area contributed by atoms with Gasteiger partial charge in [0.15, 0.2) is 11.6 Å². The smallest absolute Gasteiger partial charge is 0.261 e. The van der Waals surface area contributed by atoms with E-state index >= 15 is 0 Å². The predicted molar refractivity (Wildman–Crippen MR) is 112 cm³/mol. The zero-order chi connectivity index (χ0) is 22.3. The molecule has 0 spiro atoms. The van der Waals surface area contributed by atoms with E-state index in [0.29, 0.717) is 13.0 Å². The van der Waals surface area contributed by atoms with Crippen LogP contribution in [0.15, 0.2) is 77.7 Å². The molecule has 2 N–H and O–H groups in total. The number of ether oxygens (including phenoxy) is 1. The van der Waals surface area contributed by atoms with E-state index in [1.165, 1.54) is 54.6 Å². The van der Waals surface area contributed by atoms with Crippen molar-refractivity contribution in [2.24, 2.45) is 0 Å². The molecule has 0 heterocycles. The maximum absolute atomic E-state index is 13.7. The zero-order valence-corrected chi connectivity index (χ0v) is 17.2. The van der Waals surface area contributed by atoms with Crippen LogP contribution in [0.5, 0.6) is 5.75 Å². The van der Waals surface area contributed by atoms with Crippen molar-refractivity contribution in [3.63, 3.8) is 0 Å². The van der Waals surface area contributed by atoms with Crippen LogP contribution in [0.1, 0.15) is 16.8 Å². The first-order chi connectivity index (χ1) is 14.9. The van der Waals surface area contributed by atoms with Gasteiger partial charge in [-0.05, 0) is 55.0 Å². The van der Waals surface area contributed by atoms with Crippen LogP contribution < -0.4 is 14.8 Å². The molecule has 0 radical (unpaired) electrons. The van der Waals surface area contributed by atoms with Crippen LogP contribution in [0.25, 0.3) is 0 Å². The molecule has 0 saturated carbocycles. The Kier molecular flexibility index (Phi) is 7.19. The SMILES string of the molecule is O=C(NCCCOc1ccccc1F)c1ccc(S(=O)(=O)Nc2ccccc2F)cc1. The van der Waals surface area contributed by atoms with Crippen LogP contribution in [0.4, 0.5) is 14.5 Å². The van der Waals surface area contributed by atoms with Crippen molar-refractivity contribution in [2.75, 3.05) is 17.9 Å². The fraction of sp³-hybridized carbons (Fsp3) is 0.136. The number of sulfonamides is 1. The van der Waals surface area contributed by atoms with Crippen molar-refractivity contribution < 1.29 is 26.7 Å². The molecule has 0 unspecified atom stereocenters. The van der Waals surface area contributed by atoms with Crippen LogP contribution >= 0.6 is 0 Å². The van der Waals surface area contributed by atoms with E-state index < -0.39 is 27.6 Å². The van der Waals surface area contributed by atoms with Crippen molar-refractivity contribution in [3.05, 3.63) is 90.0 Å². The van der Waals surface area contributed by atoms with Crippen molar-refractivity contribution >= 4 is 21.6 Å². The van der Waals surface area contributed by atoms with E-state index in [1.54, 1.807) is 12.1 Å². The first kappa shape index (κ1) is 22.2. The average Bonchev–Trinajstić information content (AvgIpc) is 2.76. The third kappa shape index (κ3) is 6.02. The van der Waals surface area contributed by atoms with Crippen LogP contribution in [0, 0.1) is 11.6 Å². The van der Waals surface area contributed by atoms with Crippen molar-refractivity contribution in [1.29, 1.82) is 0 Å². The highest BCUT2D eigenvalue weighted by Gasteiger charge is 2.17. The lowest BCUT2D eigenvalue weighted by molar-refractivity contribution is 0.0951. The Morgan fingerprint density at radius 1 is 0.871 bits per heavy atom. The largest absolute Gasteiger partial charge is 0.490 e. The number of carbonyl (C=O) groups is 1. The first-order valence-corrected chi connectivity index (χ1v) is 10.9. The van der Waals surface area contributed by atoms with E-state index in [0.717, 1.165) is 6.07 Å². The van der Waals surface area contributed by atoms with Crippen LogP contribution in [0.3, 0.4) is 0 Å². The maximum Gasteiger partial charge on any atom is 0.261 e. The number of amides is 1. The third-order valence-corrected chi connectivity index (χ3v) is 5.63. The number of hydrogen-bond donors (Lipinski definition) is 2. The molecule has 3 aromatic carbocycles. The Bertz CT molecular complexity index is 1150. The standard InChI is InChI=1S/C22H20F2N2O4S/c23-18-6-1-3-8-20(18)26-31(28,29)17-12-10-16(11-13-17)22(27)25-14-5-15-30-21-9-4-2-7-19(21)24/h1-4,6-13,26H,5,14-15H2,(H,25,27). The van der Waals surface area contributed by atoms with E-state index in [2.05, 4.69) is 10.0 Å². The lowest BCUT2D eigenvalue weighted by Crippen LogP contribution is -2.25. The van der Waals surface area contributed by atoms with E-state index in [-0.39, 0.29) is 28.5 Å². The normalized spacial score (nSPS) is 11.0. The summed E-state index contributed by atoms with van der Waals surface area (Å²) in [5, 5.41) is 2.68. The highest BCUT2D eigenvalue weighted by molar-refractivity contribution is 7.92. The molecule has 0 aromatic heterocycles. The van der Waals surface area contributed by atoms with Gasteiger partial charge < -0.3 is 10.1 Å². The first-order valence-electron chi connectivity index (χ1n) is 9.40. The Hall–Kier alpha value is -3.46. The molecule has 0 atom stereocenters. The molecule has 0 fully saturated rings. The van der Waals surface area contributed by atoms with Gasteiger partial charge in [0.25, 0.3) is 15.9 Å². The maximum atomic E-state index is 13.7. The number of carbonyl (C=O) groups excluding carboxylic acids is 1. The Morgan fingerprint density at radius 2 is 1.52 bits per heavy atom. The number of anilines is 1. The van der Waals surface area contributed by atoms with Gasteiger partial charge in [0, 0.05) is 12.1 Å². The molecule has 3 rings (SSSR count). The number of rotatable bonds is 9. The van der Waals surface area contributed by atoms with E-state index in [9.17, 15) is 22.0 Å². The summed E-state index contributed by atoms with van der Waals surface area (Å²) in [5.74, 6) is -1.39.